The predicted octanol–water partition coefficient (Wildman–Crippen LogP) is 5.45. The first kappa shape index (κ1) is 45.5. The van der Waals surface area contributed by atoms with Crippen LogP contribution in [0.2, 0.25) is 0 Å². The van der Waals surface area contributed by atoms with Crippen LogP contribution in [-0.4, -0.2) is 21.5 Å². The minimum atomic E-state index is -4.73. The van der Waals surface area contributed by atoms with Gasteiger partial charge in [0.2, 0.25) is 0 Å². The zero-order valence-electron chi connectivity index (χ0n) is 31.2. The topological polar surface area (TPSA) is 64.6 Å². The van der Waals surface area contributed by atoms with Crippen molar-refractivity contribution in [2.75, 3.05) is 9.80 Å². The van der Waals surface area contributed by atoms with Crippen LogP contribution in [0.25, 0.3) is 4.85 Å². The molecule has 0 unspecified atom stereocenters. The van der Waals surface area contributed by atoms with E-state index in [4.69, 9.17) is 24.1 Å². The van der Waals surface area contributed by atoms with Crippen molar-refractivity contribution in [1.29, 1.82) is 5.26 Å². The zero-order chi connectivity index (χ0) is 43.4. The lowest BCUT2D eigenvalue weighted by atomic mass is 10.0. The summed E-state index contributed by atoms with van der Waals surface area (Å²) < 4.78 is 40.0. The fourth-order valence-electron chi connectivity index (χ4n) is 3.91. The smallest absolute Gasteiger partial charge is 0.288 e. The second-order valence-electron chi connectivity index (χ2n) is 10.6. The van der Waals surface area contributed by atoms with Crippen LogP contribution in [0, 0.1) is 191 Å². The molecule has 0 N–H and O–H groups in total. The van der Waals surface area contributed by atoms with Crippen LogP contribution >= 0.6 is 12.2 Å². The van der Waals surface area contributed by atoms with Gasteiger partial charge in [-0.1, -0.05) is 12.0 Å². The number of benzene rings is 1. The Labute approximate surface area is 347 Å². The number of aromatic nitrogens is 1. The van der Waals surface area contributed by atoms with E-state index >= 15 is 0 Å². The van der Waals surface area contributed by atoms with Crippen LogP contribution in [0.15, 0.2) is 36.5 Å². The second kappa shape index (κ2) is 24.6. The average molecular weight is 782 g/mol. The highest BCUT2D eigenvalue weighted by molar-refractivity contribution is 7.81. The number of pyridine rings is 1. The van der Waals surface area contributed by atoms with Crippen LogP contribution in [0.4, 0.5) is 30.4 Å². The fraction of sp³-hybridized carbons (Fsp3) is 0.122. The van der Waals surface area contributed by atoms with Crippen LogP contribution in [-0.2, 0) is 11.0 Å². The van der Waals surface area contributed by atoms with E-state index in [0.717, 1.165) is 22.6 Å². The third-order valence-corrected chi connectivity index (χ3v) is 6.63. The van der Waals surface area contributed by atoms with Gasteiger partial charge < -0.3 is 0 Å². The number of thiocarbonyl (C=S) groups is 1. The molecule has 1 amide bonds. The number of hydrogen-bond donors (Lipinski definition) is 0. The predicted molar refractivity (Wildman–Crippen MR) is 223 cm³/mol. The number of rotatable bonds is 2. The number of halogens is 3. The van der Waals surface area contributed by atoms with E-state index in [9.17, 15) is 18.0 Å². The van der Waals surface area contributed by atoms with Crippen molar-refractivity contribution in [3.63, 3.8) is 0 Å². The number of carbonyl (C=O) groups excluding carboxylic acids is 1. The normalized spacial score (nSPS) is 9.85. The summed E-state index contributed by atoms with van der Waals surface area (Å²) in [4.78, 5) is 22.8. The third-order valence-electron chi connectivity index (χ3n) is 6.27. The summed E-state index contributed by atoms with van der Waals surface area (Å²) >= 11 is 5.44. The molecule has 1 aromatic heterocycles. The minimum Gasteiger partial charge on any atom is -0.288 e. The van der Waals surface area contributed by atoms with E-state index in [0.29, 0.717) is 5.82 Å². The molecule has 10 heteroatoms. The van der Waals surface area contributed by atoms with Gasteiger partial charge in [0.05, 0.1) is 12.1 Å². The summed E-state index contributed by atoms with van der Waals surface area (Å²) in [7, 11) is 0. The average Bonchev–Trinajstić information content (AvgIpc) is 3.38. The Kier molecular flexibility index (Phi) is 19.0. The summed E-state index contributed by atoms with van der Waals surface area (Å²) in [5.74, 6) is 69.0. The molecule has 0 saturated carbocycles. The third kappa shape index (κ3) is 15.7. The van der Waals surface area contributed by atoms with Gasteiger partial charge >= 0.3 is 6.18 Å². The van der Waals surface area contributed by atoms with Crippen LogP contribution < -0.4 is 9.80 Å². The summed E-state index contributed by atoms with van der Waals surface area (Å²) in [5, 5.41) is 8.17. The molecule has 0 aliphatic carbocycles. The van der Waals surface area contributed by atoms with Crippen molar-refractivity contribution < 1.29 is 18.0 Å². The molecule has 2 heterocycles. The Morgan fingerprint density at radius 2 is 1.10 bits per heavy atom. The highest BCUT2D eigenvalue weighted by Gasteiger charge is 2.51. The fourth-order valence-corrected chi connectivity index (χ4v) is 4.42. The van der Waals surface area contributed by atoms with Crippen molar-refractivity contribution in [3.05, 3.63) is 59.1 Å². The van der Waals surface area contributed by atoms with Crippen molar-refractivity contribution in [2.24, 2.45) is 0 Å². The Hall–Kier alpha value is -9.66. The van der Waals surface area contributed by atoms with Gasteiger partial charge in [-0.15, -0.1) is 0 Å². The van der Waals surface area contributed by atoms with E-state index in [-0.39, 0.29) is 10.8 Å². The second-order valence-corrected chi connectivity index (χ2v) is 10.9. The molecule has 0 atom stereocenters. The number of aryl methyl sites for hydroxylation is 1. The van der Waals surface area contributed by atoms with Gasteiger partial charge in [0, 0.05) is 124 Å². The van der Waals surface area contributed by atoms with Gasteiger partial charge in [-0.3, -0.25) is 14.6 Å². The number of alkyl halides is 3. The number of nitrogens with zero attached hydrogens (tertiary/aromatic N) is 5. The maximum absolute atomic E-state index is 13.3. The zero-order valence-corrected chi connectivity index (χ0v) is 32.0. The van der Waals surface area contributed by atoms with Crippen LogP contribution in [0.3, 0.4) is 0 Å². The largest absolute Gasteiger partial charge is 0.407 e. The Bertz CT molecular complexity index is 3100. The van der Waals surface area contributed by atoms with Crippen molar-refractivity contribution in [1.82, 2.24) is 4.98 Å². The molecule has 1 fully saturated rings. The molecular formula is C49H18F3N5OS. The molecule has 0 bridgehead atoms. The number of hydrogen-bond acceptors (Lipinski definition) is 4. The first-order valence-corrected chi connectivity index (χ1v) is 16.3. The van der Waals surface area contributed by atoms with Gasteiger partial charge in [-0.25, -0.2) is 9.83 Å². The molecule has 59 heavy (non-hydrogen) atoms. The number of carbonyl (C=O) groups is 1. The lowest BCUT2D eigenvalue weighted by Crippen LogP contribution is -2.44. The van der Waals surface area contributed by atoms with E-state index in [1.807, 2.05) is 6.92 Å². The van der Waals surface area contributed by atoms with Crippen LogP contribution in [0.5, 0.6) is 0 Å². The molecule has 272 valence electrons. The summed E-state index contributed by atoms with van der Waals surface area (Å²) in [5.41, 5.74) is -1.94. The molecule has 1 saturated heterocycles. The van der Waals surface area contributed by atoms with Gasteiger partial charge in [0.1, 0.15) is 11.4 Å². The molecule has 2 aromatic rings. The van der Waals surface area contributed by atoms with E-state index < -0.39 is 28.9 Å². The molecular weight excluding hydrogens is 764 g/mol. The maximum atomic E-state index is 13.3. The highest BCUT2D eigenvalue weighted by atomic mass is 32.1. The van der Waals surface area contributed by atoms with Crippen molar-refractivity contribution >= 4 is 40.4 Å². The number of amides is 1. The minimum absolute atomic E-state index is 0.0248. The van der Waals surface area contributed by atoms with E-state index in [1.165, 1.54) is 11.0 Å². The molecule has 1 aromatic carbocycles. The Morgan fingerprint density at radius 1 is 0.695 bits per heavy atom. The van der Waals surface area contributed by atoms with Gasteiger partial charge in [0.25, 0.3) is 5.91 Å². The maximum Gasteiger partial charge on any atom is 0.407 e. The Balaban J connectivity index is 0.000000408. The highest BCUT2D eigenvalue weighted by Crippen LogP contribution is 2.41. The summed E-state index contributed by atoms with van der Waals surface area (Å²) in [6, 6.07) is 8.26. The standard InChI is InChI=1S/C30H3N.C19H15F3N4OS/c1-2-3-4-5-6-7-8-9-10-11-12-13-14-15-16-17-18-19-20-21-22-23-24-25-26-27-28-29-30-31;1-11-7-8-24-15(9-11)26-17(28)25(16(27)18(26,2)3)12-5-6-14(23-4)13(10-12)19(20,21)22/h1H3;5-10H,1-3H3. The number of nitriles is 1. The molecule has 0 radical (unpaired) electrons. The van der Waals surface area contributed by atoms with Gasteiger partial charge in [-0.2, -0.15) is 18.4 Å². The van der Waals surface area contributed by atoms with E-state index in [1.54, 1.807) is 45.2 Å². The SMILES string of the molecule is CC#CC#CC#CC#CC#CC#CC#CC#CC#CC#CC#CC#CC#CC#CC#N.[C-]#[N+]c1ccc(N2C(=O)C(C)(C)N(c3cc(C)ccn3)C2=S)cc1C(F)(F)F. The molecule has 3 rings (SSSR count). The summed E-state index contributed by atoms with van der Waals surface area (Å²) in [6.07, 6.45) is -3.16. The van der Waals surface area contributed by atoms with Crippen molar-refractivity contribution in [3.8, 4) is 172 Å². The van der Waals surface area contributed by atoms with E-state index in [2.05, 4.69) is 176 Å². The molecule has 1 aliphatic heterocycles. The quantitative estimate of drug-likeness (QED) is 0.231. The van der Waals surface area contributed by atoms with Crippen molar-refractivity contribution in [2.45, 2.75) is 39.4 Å². The first-order chi connectivity index (χ1) is 28.4. The monoisotopic (exact) mass is 781 g/mol. The van der Waals surface area contributed by atoms with Gasteiger partial charge in [-0.05, 0) is 117 Å². The summed E-state index contributed by atoms with van der Waals surface area (Å²) in [6.45, 7) is 13.8. The molecule has 6 nitrogen and oxygen atoms in total. The Morgan fingerprint density at radius 3 is 1.46 bits per heavy atom. The molecule has 0 spiro atoms. The number of anilines is 2. The van der Waals surface area contributed by atoms with Crippen LogP contribution in [0.1, 0.15) is 31.9 Å². The first-order valence-electron chi connectivity index (χ1n) is 15.9. The van der Waals surface area contributed by atoms with Gasteiger partial charge in [0.15, 0.2) is 16.9 Å². The lowest BCUT2D eigenvalue weighted by molar-refractivity contribution is -0.136. The molecule has 1 aliphatic rings. The lowest BCUT2D eigenvalue weighted by Gasteiger charge is -2.28.